The Morgan fingerprint density at radius 3 is 2.80 bits per heavy atom. The quantitative estimate of drug-likeness (QED) is 0.588. The lowest BCUT2D eigenvalue weighted by Gasteiger charge is -2.00. The zero-order chi connectivity index (χ0) is 7.72. The van der Waals surface area contributed by atoms with Crippen LogP contribution in [0.1, 0.15) is 5.56 Å². The first-order chi connectivity index (χ1) is 4.63. The van der Waals surface area contributed by atoms with Crippen LogP contribution in [-0.2, 0) is 0 Å². The van der Waals surface area contributed by atoms with E-state index in [2.05, 4.69) is 4.98 Å². The molecular weight excluding hydrogens is 155 g/mol. The summed E-state index contributed by atoms with van der Waals surface area (Å²) in [4.78, 5) is 3.50. The third kappa shape index (κ3) is 1.04. The molecule has 1 aromatic heterocycles. The van der Waals surface area contributed by atoms with Gasteiger partial charge in [0.25, 0.3) is 0 Å². The first-order valence-corrected chi connectivity index (χ1v) is 3.07. The molecule has 1 heterocycles. The largest absolute Gasteiger partial charge is 0.397 e. The van der Waals surface area contributed by atoms with Gasteiger partial charge in [-0.25, -0.2) is 9.37 Å². The van der Waals surface area contributed by atoms with E-state index in [1.807, 2.05) is 0 Å². The van der Waals surface area contributed by atoms with Gasteiger partial charge in [0.05, 0.1) is 11.9 Å². The molecule has 0 bridgehead atoms. The number of rotatable bonds is 0. The number of pyridine rings is 1. The summed E-state index contributed by atoms with van der Waals surface area (Å²) >= 11 is 5.34. The van der Waals surface area contributed by atoms with E-state index in [0.29, 0.717) is 11.3 Å². The number of halogens is 2. The van der Waals surface area contributed by atoms with E-state index >= 15 is 0 Å². The van der Waals surface area contributed by atoms with E-state index in [9.17, 15) is 4.39 Å². The minimum atomic E-state index is -0.540. The minimum Gasteiger partial charge on any atom is -0.397 e. The second kappa shape index (κ2) is 2.42. The number of nitrogens with two attached hydrogens (primary N) is 1. The highest BCUT2D eigenvalue weighted by Gasteiger charge is 2.05. The minimum absolute atomic E-state index is 0.133. The van der Waals surface area contributed by atoms with Crippen LogP contribution in [0.25, 0.3) is 0 Å². The summed E-state index contributed by atoms with van der Waals surface area (Å²) in [6.45, 7) is 1.55. The molecule has 0 amide bonds. The van der Waals surface area contributed by atoms with Crippen LogP contribution < -0.4 is 5.73 Å². The van der Waals surface area contributed by atoms with Gasteiger partial charge in [-0.15, -0.1) is 0 Å². The predicted molar refractivity (Wildman–Crippen MR) is 38.4 cm³/mol. The fourth-order valence-electron chi connectivity index (χ4n) is 0.561. The van der Waals surface area contributed by atoms with Gasteiger partial charge in [0.15, 0.2) is 11.0 Å². The van der Waals surface area contributed by atoms with Crippen LogP contribution in [-0.4, -0.2) is 4.98 Å². The maximum absolute atomic E-state index is 12.7. The van der Waals surface area contributed by atoms with Crippen LogP contribution in [0.2, 0.25) is 5.15 Å². The highest BCUT2D eigenvalue weighted by Crippen LogP contribution is 2.18. The predicted octanol–water partition coefficient (Wildman–Crippen LogP) is 1.76. The van der Waals surface area contributed by atoms with Gasteiger partial charge in [0, 0.05) is 5.56 Å². The number of hydrogen-bond acceptors (Lipinski definition) is 2. The molecule has 0 aliphatic carbocycles. The summed E-state index contributed by atoms with van der Waals surface area (Å²) in [5.41, 5.74) is 6.00. The van der Waals surface area contributed by atoms with Crippen molar-refractivity contribution in [3.8, 4) is 0 Å². The van der Waals surface area contributed by atoms with E-state index in [1.165, 1.54) is 6.20 Å². The van der Waals surface area contributed by atoms with Crippen LogP contribution in [0.3, 0.4) is 0 Å². The maximum atomic E-state index is 12.7. The van der Waals surface area contributed by atoms with E-state index in [-0.39, 0.29) is 5.15 Å². The SMILES string of the molecule is Cc1c(N)cnc(Cl)c1F. The number of anilines is 1. The Labute approximate surface area is 62.8 Å². The van der Waals surface area contributed by atoms with Crippen molar-refractivity contribution in [3.05, 3.63) is 22.7 Å². The molecule has 0 saturated heterocycles. The Morgan fingerprint density at radius 2 is 2.30 bits per heavy atom. The Kier molecular flexibility index (Phi) is 1.76. The number of nitrogen functional groups attached to an aromatic ring is 1. The molecule has 2 N–H and O–H groups in total. The van der Waals surface area contributed by atoms with Crippen LogP contribution in [0, 0.1) is 12.7 Å². The fraction of sp³-hybridized carbons (Fsp3) is 0.167. The first-order valence-electron chi connectivity index (χ1n) is 2.69. The lowest BCUT2D eigenvalue weighted by atomic mass is 10.2. The number of aromatic nitrogens is 1. The first kappa shape index (κ1) is 7.28. The summed E-state index contributed by atoms with van der Waals surface area (Å²) in [6.07, 6.45) is 1.33. The molecule has 0 fully saturated rings. The average Bonchev–Trinajstić information content (AvgIpc) is 1.93. The van der Waals surface area contributed by atoms with Crippen LogP contribution in [0.5, 0.6) is 0 Å². The van der Waals surface area contributed by atoms with Crippen molar-refractivity contribution in [2.75, 3.05) is 5.73 Å². The van der Waals surface area contributed by atoms with Crippen molar-refractivity contribution in [2.24, 2.45) is 0 Å². The molecule has 1 aromatic rings. The van der Waals surface area contributed by atoms with Crippen molar-refractivity contribution in [1.29, 1.82) is 0 Å². The van der Waals surface area contributed by atoms with Gasteiger partial charge in [0.2, 0.25) is 0 Å². The maximum Gasteiger partial charge on any atom is 0.165 e. The van der Waals surface area contributed by atoms with Gasteiger partial charge in [-0.1, -0.05) is 11.6 Å². The molecule has 2 nitrogen and oxygen atoms in total. The molecule has 0 atom stereocenters. The van der Waals surface area contributed by atoms with Gasteiger partial charge >= 0.3 is 0 Å². The molecule has 1 rings (SSSR count). The number of hydrogen-bond donors (Lipinski definition) is 1. The highest BCUT2D eigenvalue weighted by molar-refractivity contribution is 6.29. The molecule has 0 aliphatic heterocycles. The Balaban J connectivity index is 3.34. The van der Waals surface area contributed by atoms with Gasteiger partial charge in [-0.05, 0) is 6.92 Å². The van der Waals surface area contributed by atoms with Crippen LogP contribution in [0.15, 0.2) is 6.20 Å². The van der Waals surface area contributed by atoms with Crippen molar-refractivity contribution in [1.82, 2.24) is 4.98 Å². The highest BCUT2D eigenvalue weighted by atomic mass is 35.5. The van der Waals surface area contributed by atoms with Crippen molar-refractivity contribution in [2.45, 2.75) is 6.92 Å². The normalized spacial score (nSPS) is 9.90. The van der Waals surface area contributed by atoms with E-state index in [1.54, 1.807) is 6.92 Å². The summed E-state index contributed by atoms with van der Waals surface area (Å²) in [6, 6.07) is 0. The third-order valence-electron chi connectivity index (χ3n) is 1.26. The Hall–Kier alpha value is -0.830. The lowest BCUT2D eigenvalue weighted by molar-refractivity contribution is 0.613. The van der Waals surface area contributed by atoms with Gasteiger partial charge in [0.1, 0.15) is 0 Å². The molecular formula is C6H6ClFN2. The second-order valence-electron chi connectivity index (χ2n) is 1.94. The monoisotopic (exact) mass is 160 g/mol. The summed E-state index contributed by atoms with van der Waals surface area (Å²) in [7, 11) is 0. The molecule has 0 spiro atoms. The molecule has 0 aliphatic rings. The van der Waals surface area contributed by atoms with Gasteiger partial charge in [-0.3, -0.25) is 0 Å². The van der Waals surface area contributed by atoms with E-state index in [4.69, 9.17) is 17.3 Å². The molecule has 54 valence electrons. The van der Waals surface area contributed by atoms with Gasteiger partial charge < -0.3 is 5.73 Å². The van der Waals surface area contributed by atoms with Crippen LogP contribution in [0.4, 0.5) is 10.1 Å². The summed E-state index contributed by atoms with van der Waals surface area (Å²) in [5.74, 6) is -0.540. The third-order valence-corrected chi connectivity index (χ3v) is 1.52. The Morgan fingerprint density at radius 1 is 1.70 bits per heavy atom. The van der Waals surface area contributed by atoms with Crippen molar-refractivity contribution in [3.63, 3.8) is 0 Å². The zero-order valence-electron chi connectivity index (χ0n) is 5.36. The van der Waals surface area contributed by atoms with Crippen molar-refractivity contribution < 1.29 is 4.39 Å². The molecule has 10 heavy (non-hydrogen) atoms. The Bertz CT molecular complexity index is 235. The van der Waals surface area contributed by atoms with Gasteiger partial charge in [-0.2, -0.15) is 0 Å². The summed E-state index contributed by atoms with van der Waals surface area (Å²) in [5, 5.41) is -0.133. The summed E-state index contributed by atoms with van der Waals surface area (Å²) < 4.78 is 12.7. The molecule has 0 aromatic carbocycles. The smallest absolute Gasteiger partial charge is 0.165 e. The lowest BCUT2D eigenvalue weighted by Crippen LogP contribution is -1.95. The molecule has 4 heteroatoms. The standard InChI is InChI=1S/C6H6ClFN2/c1-3-4(9)2-10-6(7)5(3)8/h2H,9H2,1H3. The van der Waals surface area contributed by atoms with Crippen molar-refractivity contribution >= 4 is 17.3 Å². The fourth-order valence-corrected chi connectivity index (χ4v) is 0.752. The second-order valence-corrected chi connectivity index (χ2v) is 2.30. The van der Waals surface area contributed by atoms with E-state index in [0.717, 1.165) is 0 Å². The molecule has 0 radical (unpaired) electrons. The van der Waals surface area contributed by atoms with Crippen LogP contribution >= 0.6 is 11.6 Å². The average molecular weight is 161 g/mol. The zero-order valence-corrected chi connectivity index (χ0v) is 6.11. The molecule has 0 saturated carbocycles. The topological polar surface area (TPSA) is 38.9 Å². The molecule has 0 unspecified atom stereocenters. The number of nitrogens with zero attached hydrogens (tertiary/aromatic N) is 1. The van der Waals surface area contributed by atoms with E-state index < -0.39 is 5.82 Å².